The summed E-state index contributed by atoms with van der Waals surface area (Å²) in [5.74, 6) is -0.733. The zero-order chi connectivity index (χ0) is 25.5. The van der Waals surface area contributed by atoms with Crippen molar-refractivity contribution in [3.63, 3.8) is 0 Å². The van der Waals surface area contributed by atoms with Crippen molar-refractivity contribution in [3.05, 3.63) is 60.2 Å². The van der Waals surface area contributed by atoms with Gasteiger partial charge in [0.1, 0.15) is 5.71 Å². The van der Waals surface area contributed by atoms with Crippen LogP contribution >= 0.6 is 0 Å². The molecule has 2 saturated heterocycles. The van der Waals surface area contributed by atoms with E-state index in [1.807, 2.05) is 24.3 Å². The number of allylic oxidation sites excluding steroid dienone is 1. The Labute approximate surface area is 214 Å². The Morgan fingerprint density at radius 1 is 1.14 bits per heavy atom. The number of hydrazine groups is 2. The molecule has 4 heterocycles. The molecule has 0 unspecified atom stereocenters. The van der Waals surface area contributed by atoms with Gasteiger partial charge in [0.05, 0.1) is 31.6 Å². The summed E-state index contributed by atoms with van der Waals surface area (Å²) in [6.45, 7) is 4.35. The van der Waals surface area contributed by atoms with Gasteiger partial charge >= 0.3 is 0 Å². The number of nitrogens with zero attached hydrogens (tertiary/aromatic N) is 5. The predicted octanol–water partition coefficient (Wildman–Crippen LogP) is 2.01. The number of hydrogen-bond donors (Lipinski definition) is 4. The number of amides is 1. The van der Waals surface area contributed by atoms with Gasteiger partial charge in [0, 0.05) is 37.6 Å². The molecule has 0 atom stereocenters. The first-order valence-electron chi connectivity index (χ1n) is 12.4. The van der Waals surface area contributed by atoms with Crippen LogP contribution in [0.4, 0.5) is 27.5 Å². The van der Waals surface area contributed by atoms with Crippen LogP contribution in [0.1, 0.15) is 12.8 Å². The molecule has 0 spiro atoms. The van der Waals surface area contributed by atoms with Crippen molar-refractivity contribution < 1.29 is 13.9 Å². The van der Waals surface area contributed by atoms with Crippen molar-refractivity contribution in [2.24, 2.45) is 4.99 Å². The van der Waals surface area contributed by atoms with Gasteiger partial charge in [-0.05, 0) is 49.3 Å². The van der Waals surface area contributed by atoms with E-state index in [9.17, 15) is 9.18 Å². The molecule has 37 heavy (non-hydrogen) atoms. The summed E-state index contributed by atoms with van der Waals surface area (Å²) in [6.07, 6.45) is 8.79. The number of carbonyl (C=O) groups is 1. The molecule has 194 valence electrons. The first kappa shape index (κ1) is 24.7. The largest absolute Gasteiger partial charge is 0.378 e. The van der Waals surface area contributed by atoms with Crippen molar-refractivity contribution in [3.8, 4) is 0 Å². The second kappa shape index (κ2) is 11.8. The minimum absolute atomic E-state index is 0.0815. The lowest BCUT2D eigenvalue weighted by Gasteiger charge is -2.30. The number of aliphatic imine (C=N–C) groups is 1. The predicted molar refractivity (Wildman–Crippen MR) is 141 cm³/mol. The van der Waals surface area contributed by atoms with Crippen molar-refractivity contribution in [1.29, 1.82) is 0 Å². The van der Waals surface area contributed by atoms with E-state index in [1.165, 1.54) is 6.42 Å². The Hall–Kier alpha value is -4.03. The minimum Gasteiger partial charge on any atom is -0.378 e. The third kappa shape index (κ3) is 6.40. The zero-order valence-corrected chi connectivity index (χ0v) is 20.4. The molecule has 5 rings (SSSR count). The topological polar surface area (TPSA) is 119 Å². The molecule has 1 amide bonds. The molecule has 0 radical (unpaired) electrons. The third-order valence-corrected chi connectivity index (χ3v) is 6.11. The molecule has 12 heteroatoms. The average molecular weight is 508 g/mol. The van der Waals surface area contributed by atoms with E-state index in [1.54, 1.807) is 11.0 Å². The van der Waals surface area contributed by atoms with Gasteiger partial charge in [0.25, 0.3) is 5.91 Å². The number of anilines is 4. The Morgan fingerprint density at radius 2 is 2.03 bits per heavy atom. The number of morpholine rings is 1. The Balaban J connectivity index is 1.16. The molecule has 3 aliphatic rings. The Kier molecular flexibility index (Phi) is 7.87. The smallest absolute Gasteiger partial charge is 0.287 e. The highest BCUT2D eigenvalue weighted by molar-refractivity contribution is 6.43. The summed E-state index contributed by atoms with van der Waals surface area (Å²) in [4.78, 5) is 26.9. The maximum Gasteiger partial charge on any atom is 0.287 e. The number of nitrogens with one attached hydrogen (secondary N) is 4. The molecule has 11 nitrogen and oxygen atoms in total. The van der Waals surface area contributed by atoms with Crippen molar-refractivity contribution in [2.45, 2.75) is 12.8 Å². The molecule has 1 aromatic heterocycles. The van der Waals surface area contributed by atoms with Crippen LogP contribution in [0.15, 0.2) is 59.4 Å². The number of carbonyl (C=O) groups excluding carboxylic acids is 1. The summed E-state index contributed by atoms with van der Waals surface area (Å²) in [7, 11) is 0. The van der Waals surface area contributed by atoms with Crippen LogP contribution in [0.5, 0.6) is 0 Å². The first-order valence-corrected chi connectivity index (χ1v) is 12.4. The average Bonchev–Trinajstić information content (AvgIpc) is 3.19. The third-order valence-electron chi connectivity index (χ3n) is 6.11. The van der Waals surface area contributed by atoms with Gasteiger partial charge in [-0.2, -0.15) is 4.98 Å². The lowest BCUT2D eigenvalue weighted by molar-refractivity contribution is -0.114. The summed E-state index contributed by atoms with van der Waals surface area (Å²) < 4.78 is 19.5. The van der Waals surface area contributed by atoms with Crippen LogP contribution in [-0.2, 0) is 9.53 Å². The molecular formula is C25H30FN9O2. The molecule has 1 aromatic carbocycles. The molecule has 0 aliphatic carbocycles. The fourth-order valence-electron chi connectivity index (χ4n) is 4.19. The fourth-order valence-corrected chi connectivity index (χ4v) is 4.19. The second-order valence-corrected chi connectivity index (χ2v) is 8.70. The van der Waals surface area contributed by atoms with Gasteiger partial charge in [0.2, 0.25) is 5.95 Å². The van der Waals surface area contributed by atoms with Crippen LogP contribution in [-0.4, -0.2) is 67.5 Å². The molecule has 0 bridgehead atoms. The van der Waals surface area contributed by atoms with Crippen molar-refractivity contribution >= 4 is 34.8 Å². The van der Waals surface area contributed by atoms with Crippen molar-refractivity contribution in [1.82, 2.24) is 20.8 Å². The number of hydrogen-bond acceptors (Lipinski definition) is 10. The normalized spacial score (nSPS) is 18.0. The van der Waals surface area contributed by atoms with Gasteiger partial charge in [-0.1, -0.05) is 6.07 Å². The van der Waals surface area contributed by atoms with Crippen LogP contribution in [0.25, 0.3) is 0 Å². The molecule has 2 aromatic rings. The highest BCUT2D eigenvalue weighted by Crippen LogP contribution is 2.22. The van der Waals surface area contributed by atoms with E-state index in [0.717, 1.165) is 42.8 Å². The fraction of sp³-hybridized carbons (Fsp3) is 0.360. The van der Waals surface area contributed by atoms with E-state index in [4.69, 9.17) is 4.74 Å². The van der Waals surface area contributed by atoms with Crippen LogP contribution in [0.2, 0.25) is 0 Å². The van der Waals surface area contributed by atoms with E-state index >= 15 is 0 Å². The van der Waals surface area contributed by atoms with Gasteiger partial charge < -0.3 is 20.0 Å². The van der Waals surface area contributed by atoms with E-state index in [0.29, 0.717) is 32.8 Å². The SMILES string of the molecule is O=C(NNc1ncc(F)c(N2CCOCC2)n1)C1=NCC=C(Nc2cccc(N3CCCCN3)c2)C=C1. The molecule has 3 aliphatic heterocycles. The lowest BCUT2D eigenvalue weighted by atomic mass is 10.2. The maximum atomic E-state index is 14.2. The molecule has 2 fully saturated rings. The summed E-state index contributed by atoms with van der Waals surface area (Å²) in [5.41, 5.74) is 11.7. The summed E-state index contributed by atoms with van der Waals surface area (Å²) in [6, 6.07) is 8.18. The summed E-state index contributed by atoms with van der Waals surface area (Å²) in [5, 5.41) is 5.56. The lowest BCUT2D eigenvalue weighted by Crippen LogP contribution is -2.43. The van der Waals surface area contributed by atoms with Gasteiger partial charge in [-0.25, -0.2) is 14.8 Å². The van der Waals surface area contributed by atoms with E-state index in [2.05, 4.69) is 53.7 Å². The van der Waals surface area contributed by atoms with Gasteiger partial charge in [-0.15, -0.1) is 0 Å². The highest BCUT2D eigenvalue weighted by atomic mass is 19.1. The number of rotatable bonds is 7. The highest BCUT2D eigenvalue weighted by Gasteiger charge is 2.18. The maximum absolute atomic E-state index is 14.2. The number of aromatic nitrogens is 2. The van der Waals surface area contributed by atoms with E-state index in [-0.39, 0.29) is 17.5 Å². The molecular weight excluding hydrogens is 477 g/mol. The number of halogens is 1. The Morgan fingerprint density at radius 3 is 2.86 bits per heavy atom. The monoisotopic (exact) mass is 507 g/mol. The molecule has 4 N–H and O–H groups in total. The van der Waals surface area contributed by atoms with Crippen LogP contribution < -0.4 is 31.5 Å². The second-order valence-electron chi connectivity index (χ2n) is 8.70. The standard InChI is InChI=1S/C25H30FN9O2/c26-21-17-28-25(31-23(21)34-12-14-37-15-13-34)33-32-24(36)22-7-6-18(8-10-27-22)30-19-4-3-5-20(16-19)35-11-2-1-9-29-35/h3-8,16-17,29-30H,1-2,9-15H2,(H,32,36)(H,28,31,33). The Bertz CT molecular complexity index is 1200. The zero-order valence-electron chi connectivity index (χ0n) is 20.4. The quantitative estimate of drug-likeness (QED) is 0.417. The summed E-state index contributed by atoms with van der Waals surface area (Å²) >= 11 is 0. The molecule has 0 saturated carbocycles. The van der Waals surface area contributed by atoms with E-state index < -0.39 is 11.7 Å². The van der Waals surface area contributed by atoms with Crippen molar-refractivity contribution in [2.75, 3.05) is 66.6 Å². The van der Waals surface area contributed by atoms with Crippen LogP contribution in [0, 0.1) is 5.82 Å². The van der Waals surface area contributed by atoms with Gasteiger partial charge in [-0.3, -0.25) is 20.6 Å². The number of benzene rings is 1. The minimum atomic E-state index is -0.529. The van der Waals surface area contributed by atoms with Gasteiger partial charge in [0.15, 0.2) is 11.6 Å². The first-order chi connectivity index (χ1) is 18.2. The number of ether oxygens (including phenoxy) is 1. The van der Waals surface area contributed by atoms with Crippen LogP contribution in [0.3, 0.4) is 0 Å².